The summed E-state index contributed by atoms with van der Waals surface area (Å²) in [5, 5.41) is 25.1. The lowest BCUT2D eigenvalue weighted by Gasteiger charge is -2.36. The van der Waals surface area contributed by atoms with Crippen molar-refractivity contribution in [3.63, 3.8) is 0 Å². The second kappa shape index (κ2) is 11.9. The van der Waals surface area contributed by atoms with Crippen molar-refractivity contribution in [2.75, 3.05) is 0 Å². The van der Waals surface area contributed by atoms with Crippen LogP contribution in [0.4, 0.5) is 0 Å². The molecular formula is C29H42N2O6. The third-order valence-electron chi connectivity index (χ3n) is 8.10. The number of oxazole rings is 1. The number of fused-ring (bicyclic) bond motifs is 1. The number of aromatic nitrogens is 1. The number of nitrogens with zero attached hydrogens (tertiary/aromatic N) is 1. The molecule has 1 aromatic rings. The van der Waals surface area contributed by atoms with Gasteiger partial charge in [-0.3, -0.25) is 9.59 Å². The van der Waals surface area contributed by atoms with E-state index in [0.717, 1.165) is 19.3 Å². The van der Waals surface area contributed by atoms with Gasteiger partial charge in [0.2, 0.25) is 5.91 Å². The zero-order valence-electron chi connectivity index (χ0n) is 22.7. The number of carbonyl (C=O) groups is 2. The number of aliphatic hydroxyl groups is 2. The summed E-state index contributed by atoms with van der Waals surface area (Å²) in [6, 6.07) is -0.348. The highest BCUT2D eigenvalue weighted by molar-refractivity contribution is 5.88. The molecule has 0 spiro atoms. The van der Waals surface area contributed by atoms with E-state index >= 15 is 0 Å². The Balaban J connectivity index is 1.84. The Morgan fingerprint density at radius 3 is 2.68 bits per heavy atom. The third kappa shape index (κ3) is 7.31. The van der Waals surface area contributed by atoms with Gasteiger partial charge in [-0.15, -0.1) is 12.3 Å². The smallest absolute Gasteiger partial charge is 0.223 e. The summed E-state index contributed by atoms with van der Waals surface area (Å²) >= 11 is 0. The van der Waals surface area contributed by atoms with E-state index in [4.69, 9.17) is 15.6 Å². The maximum absolute atomic E-state index is 13.6. The monoisotopic (exact) mass is 514 g/mol. The molecule has 2 saturated heterocycles. The van der Waals surface area contributed by atoms with Gasteiger partial charge in [0.05, 0.1) is 41.8 Å². The van der Waals surface area contributed by atoms with E-state index in [1.54, 1.807) is 33.1 Å². The van der Waals surface area contributed by atoms with E-state index in [1.807, 2.05) is 13.0 Å². The number of nitrogens with one attached hydrogen (secondary N) is 1. The normalized spacial score (nSPS) is 35.5. The Morgan fingerprint density at radius 2 is 2.03 bits per heavy atom. The fraction of sp³-hybridized carbons (Fsp3) is 0.690. The van der Waals surface area contributed by atoms with Gasteiger partial charge in [-0.2, -0.15) is 0 Å². The molecule has 8 nitrogen and oxygen atoms in total. The molecule has 3 N–H and O–H groups in total. The summed E-state index contributed by atoms with van der Waals surface area (Å²) in [4.78, 5) is 30.9. The summed E-state index contributed by atoms with van der Waals surface area (Å²) in [5.74, 6) is 1.62. The van der Waals surface area contributed by atoms with E-state index in [-0.39, 0.29) is 41.8 Å². The van der Waals surface area contributed by atoms with E-state index in [9.17, 15) is 19.8 Å². The molecule has 37 heavy (non-hydrogen) atoms. The molecule has 3 rings (SSSR count). The van der Waals surface area contributed by atoms with Gasteiger partial charge >= 0.3 is 0 Å². The highest BCUT2D eigenvalue weighted by Crippen LogP contribution is 2.44. The number of carbonyl (C=O) groups excluding carboxylic acids is 2. The minimum absolute atomic E-state index is 0.0269. The standard InChI is InChI=1S/C29H42N2O6/c1-7-8-11-22-26(34)18(2)10-9-14-29(6)24(37-29)15-20(12-13-21-17-36-19(3)30-21)31-25(33)16-23(32)28(4,5)27(22)35/h1,12-13,17-18,20,22-24,26,32,34H,8-11,14-16H2,2-6H3,(H,31,33). The molecule has 2 fully saturated rings. The van der Waals surface area contributed by atoms with Gasteiger partial charge < -0.3 is 24.7 Å². The zero-order chi connectivity index (χ0) is 27.4. The van der Waals surface area contributed by atoms with Gasteiger partial charge in [0.25, 0.3) is 0 Å². The topological polar surface area (TPSA) is 125 Å². The number of ether oxygens (including phenoxy) is 1. The summed E-state index contributed by atoms with van der Waals surface area (Å²) < 4.78 is 11.3. The molecule has 7 atom stereocenters. The van der Waals surface area contributed by atoms with Crippen molar-refractivity contribution in [2.45, 2.75) is 110 Å². The lowest BCUT2D eigenvalue weighted by atomic mass is 9.71. The van der Waals surface area contributed by atoms with Gasteiger partial charge in [-0.05, 0) is 38.2 Å². The number of aliphatic hydroxyl groups excluding tert-OH is 2. The molecule has 2 aliphatic rings. The van der Waals surface area contributed by atoms with Crippen LogP contribution < -0.4 is 5.32 Å². The lowest BCUT2D eigenvalue weighted by Crippen LogP contribution is -2.48. The van der Waals surface area contributed by atoms with Crippen LogP contribution in [0.2, 0.25) is 0 Å². The molecule has 204 valence electrons. The van der Waals surface area contributed by atoms with Gasteiger partial charge in [0.15, 0.2) is 5.89 Å². The van der Waals surface area contributed by atoms with Crippen molar-refractivity contribution in [2.24, 2.45) is 17.3 Å². The number of terminal acetylenes is 1. The first-order valence-electron chi connectivity index (χ1n) is 13.3. The minimum atomic E-state index is -1.24. The third-order valence-corrected chi connectivity index (χ3v) is 8.10. The summed E-state index contributed by atoms with van der Waals surface area (Å²) in [6.07, 6.45) is 11.9. The fourth-order valence-electron chi connectivity index (χ4n) is 5.27. The molecule has 0 aromatic carbocycles. The lowest BCUT2D eigenvalue weighted by molar-refractivity contribution is -0.144. The van der Waals surface area contributed by atoms with Crippen LogP contribution in [-0.2, 0) is 14.3 Å². The van der Waals surface area contributed by atoms with E-state index in [1.165, 1.54) is 0 Å². The predicted octanol–water partition coefficient (Wildman–Crippen LogP) is 3.59. The highest BCUT2D eigenvalue weighted by Gasteiger charge is 2.52. The molecule has 0 aliphatic carbocycles. The van der Waals surface area contributed by atoms with Crippen LogP contribution in [0.1, 0.15) is 84.2 Å². The molecule has 2 aliphatic heterocycles. The molecule has 7 unspecified atom stereocenters. The Hall–Kier alpha value is -2.47. The maximum Gasteiger partial charge on any atom is 0.223 e. The largest absolute Gasteiger partial charge is 0.449 e. The zero-order valence-corrected chi connectivity index (χ0v) is 22.7. The first-order valence-corrected chi connectivity index (χ1v) is 13.3. The SMILES string of the molecule is C#CCCC1C(=O)C(C)(C)C(O)CC(=O)NC(C=Cc2coc(C)n2)CC2OC2(C)CCCC(C)C1O. The molecule has 0 bridgehead atoms. The average molecular weight is 515 g/mol. The summed E-state index contributed by atoms with van der Waals surface area (Å²) in [6.45, 7) is 9.03. The van der Waals surface area contributed by atoms with Crippen LogP contribution in [0.25, 0.3) is 6.08 Å². The van der Waals surface area contributed by atoms with Gasteiger partial charge in [0, 0.05) is 25.7 Å². The fourth-order valence-corrected chi connectivity index (χ4v) is 5.27. The number of epoxide rings is 1. The van der Waals surface area contributed by atoms with Crippen molar-refractivity contribution >= 4 is 17.8 Å². The van der Waals surface area contributed by atoms with Crippen LogP contribution in [0.3, 0.4) is 0 Å². The molecule has 0 radical (unpaired) electrons. The van der Waals surface area contributed by atoms with Crippen molar-refractivity contribution in [3.05, 3.63) is 23.9 Å². The Bertz CT molecular complexity index is 1020. The molecule has 1 aromatic heterocycles. The van der Waals surface area contributed by atoms with Crippen LogP contribution in [0.15, 0.2) is 16.8 Å². The van der Waals surface area contributed by atoms with E-state index in [0.29, 0.717) is 30.8 Å². The quantitative estimate of drug-likeness (QED) is 0.414. The van der Waals surface area contributed by atoms with E-state index < -0.39 is 23.5 Å². The molecule has 0 saturated carbocycles. The average Bonchev–Trinajstić information content (AvgIpc) is 3.26. The van der Waals surface area contributed by atoms with Crippen molar-refractivity contribution in [1.82, 2.24) is 10.3 Å². The minimum Gasteiger partial charge on any atom is -0.449 e. The molecule has 3 heterocycles. The number of amides is 1. The molecular weight excluding hydrogens is 472 g/mol. The number of Topliss-reactive ketones (excluding diaryl/α,β-unsaturated/α-hetero) is 1. The van der Waals surface area contributed by atoms with Crippen molar-refractivity contribution in [1.29, 1.82) is 0 Å². The number of aryl methyl sites for hydroxylation is 1. The van der Waals surface area contributed by atoms with E-state index in [2.05, 4.69) is 23.1 Å². The Morgan fingerprint density at radius 1 is 1.30 bits per heavy atom. The number of hydrogen-bond acceptors (Lipinski definition) is 7. The Kier molecular flexibility index (Phi) is 9.38. The summed E-state index contributed by atoms with van der Waals surface area (Å²) in [5.41, 5.74) is -0.894. The number of hydrogen-bond donors (Lipinski definition) is 3. The van der Waals surface area contributed by atoms with Gasteiger partial charge in [-0.1, -0.05) is 33.3 Å². The maximum atomic E-state index is 13.6. The van der Waals surface area contributed by atoms with Crippen LogP contribution >= 0.6 is 0 Å². The van der Waals surface area contributed by atoms with Crippen molar-refractivity contribution < 1.29 is 29.0 Å². The second-order valence-corrected chi connectivity index (χ2v) is 11.5. The summed E-state index contributed by atoms with van der Waals surface area (Å²) in [7, 11) is 0. The first-order chi connectivity index (χ1) is 17.4. The van der Waals surface area contributed by atoms with Crippen LogP contribution in [0, 0.1) is 36.5 Å². The van der Waals surface area contributed by atoms with Crippen molar-refractivity contribution in [3.8, 4) is 12.3 Å². The second-order valence-electron chi connectivity index (χ2n) is 11.5. The predicted molar refractivity (Wildman–Crippen MR) is 140 cm³/mol. The Labute approximate surface area is 220 Å². The molecule has 8 heteroatoms. The van der Waals surface area contributed by atoms with Gasteiger partial charge in [-0.25, -0.2) is 4.98 Å². The number of rotatable bonds is 4. The van der Waals surface area contributed by atoms with Gasteiger partial charge in [0.1, 0.15) is 17.7 Å². The number of ketones is 1. The first kappa shape index (κ1) is 29.1. The molecule has 1 amide bonds. The van der Waals surface area contributed by atoms with Crippen LogP contribution in [0.5, 0.6) is 0 Å². The van der Waals surface area contributed by atoms with Crippen LogP contribution in [-0.4, -0.2) is 56.8 Å². The highest BCUT2D eigenvalue weighted by atomic mass is 16.6.